The molecule has 3 aromatic rings. The van der Waals surface area contributed by atoms with Crippen molar-refractivity contribution in [2.24, 2.45) is 0 Å². The summed E-state index contributed by atoms with van der Waals surface area (Å²) in [6.07, 6.45) is 3.07. The van der Waals surface area contributed by atoms with Crippen LogP contribution in [0, 0.1) is 0 Å². The van der Waals surface area contributed by atoms with E-state index in [1.54, 1.807) is 6.33 Å². The number of aromatic amines is 1. The number of fused-ring (bicyclic) bond motifs is 2. The number of H-pyrrole nitrogens is 1. The highest BCUT2D eigenvalue weighted by Crippen LogP contribution is 2.33. The lowest BCUT2D eigenvalue weighted by Crippen LogP contribution is -2.15. The molecule has 0 atom stereocenters. The maximum atomic E-state index is 5.56. The Balaban J connectivity index is 1.70. The minimum Gasteiger partial charge on any atom is -0.486 e. The molecular weight excluding hydrogens is 258 g/mol. The van der Waals surface area contributed by atoms with Gasteiger partial charge in [0, 0.05) is 11.8 Å². The van der Waals surface area contributed by atoms with Crippen LogP contribution >= 0.6 is 0 Å². The minimum atomic E-state index is 0.564. The molecule has 1 aliphatic heterocycles. The summed E-state index contributed by atoms with van der Waals surface area (Å²) in [5.74, 6) is 2.16. The highest BCUT2D eigenvalue weighted by Gasteiger charge is 2.13. The lowest BCUT2D eigenvalue weighted by Gasteiger charge is -2.19. The Morgan fingerprint density at radius 1 is 1.05 bits per heavy atom. The van der Waals surface area contributed by atoms with E-state index in [9.17, 15) is 0 Å². The van der Waals surface area contributed by atoms with Gasteiger partial charge in [0.15, 0.2) is 23.0 Å². The number of ether oxygens (including phenoxy) is 2. The van der Waals surface area contributed by atoms with E-state index in [0.717, 1.165) is 22.7 Å². The molecule has 2 N–H and O–H groups in total. The molecule has 0 spiro atoms. The van der Waals surface area contributed by atoms with Crippen molar-refractivity contribution in [3.05, 3.63) is 30.9 Å². The van der Waals surface area contributed by atoms with Crippen molar-refractivity contribution >= 4 is 22.7 Å². The third-order valence-corrected chi connectivity index (χ3v) is 3.03. The van der Waals surface area contributed by atoms with Crippen LogP contribution in [0.1, 0.15) is 0 Å². The molecule has 20 heavy (non-hydrogen) atoms. The number of rotatable bonds is 2. The van der Waals surface area contributed by atoms with E-state index >= 15 is 0 Å². The van der Waals surface area contributed by atoms with Gasteiger partial charge in [0.25, 0.3) is 0 Å². The first kappa shape index (κ1) is 11.0. The smallest absolute Gasteiger partial charge is 0.182 e. The molecule has 0 amide bonds. The van der Waals surface area contributed by atoms with Gasteiger partial charge in [-0.2, -0.15) is 0 Å². The van der Waals surface area contributed by atoms with Crippen molar-refractivity contribution in [1.29, 1.82) is 0 Å². The number of anilines is 2. The third kappa shape index (κ3) is 1.80. The molecule has 7 nitrogen and oxygen atoms in total. The monoisotopic (exact) mass is 269 g/mol. The van der Waals surface area contributed by atoms with E-state index in [0.29, 0.717) is 24.7 Å². The lowest BCUT2D eigenvalue weighted by molar-refractivity contribution is 0.171. The lowest BCUT2D eigenvalue weighted by atomic mass is 10.2. The summed E-state index contributed by atoms with van der Waals surface area (Å²) in [4.78, 5) is 15.4. The Morgan fingerprint density at radius 2 is 1.95 bits per heavy atom. The van der Waals surface area contributed by atoms with Crippen LogP contribution in [0.15, 0.2) is 30.9 Å². The van der Waals surface area contributed by atoms with Crippen molar-refractivity contribution in [1.82, 2.24) is 19.9 Å². The van der Waals surface area contributed by atoms with E-state index < -0.39 is 0 Å². The van der Waals surface area contributed by atoms with Crippen molar-refractivity contribution < 1.29 is 9.47 Å². The Morgan fingerprint density at radius 3 is 2.90 bits per heavy atom. The fourth-order valence-electron chi connectivity index (χ4n) is 2.12. The maximum Gasteiger partial charge on any atom is 0.182 e. The predicted molar refractivity (Wildman–Crippen MR) is 72.4 cm³/mol. The molecule has 0 saturated heterocycles. The standard InChI is InChI=1S/C13H11N5O2/c1-2-9-10(20-4-3-19-9)5-8(1)18-13-11-12(15-6-14-11)16-7-17-13/h1-2,5-7H,3-4H2,(H2,14,15,16,17,18). The van der Waals surface area contributed by atoms with Gasteiger partial charge in [-0.3, -0.25) is 0 Å². The first-order chi connectivity index (χ1) is 9.90. The zero-order chi connectivity index (χ0) is 13.4. The topological polar surface area (TPSA) is 85.0 Å². The second-order valence-electron chi connectivity index (χ2n) is 4.31. The SMILES string of the molecule is c1nc(Nc2ccc3c(c2)OCCO3)c2[nH]cnc2n1. The first-order valence-corrected chi connectivity index (χ1v) is 6.21. The minimum absolute atomic E-state index is 0.564. The first-order valence-electron chi connectivity index (χ1n) is 6.21. The van der Waals surface area contributed by atoms with Crippen LogP contribution in [0.2, 0.25) is 0 Å². The molecule has 0 unspecified atom stereocenters. The van der Waals surface area contributed by atoms with Gasteiger partial charge in [-0.25, -0.2) is 15.0 Å². The number of imidazole rings is 1. The van der Waals surface area contributed by atoms with Crippen LogP contribution in [0.4, 0.5) is 11.5 Å². The summed E-state index contributed by atoms with van der Waals surface area (Å²) in [5, 5.41) is 3.23. The molecule has 7 heteroatoms. The molecule has 1 aromatic carbocycles. The van der Waals surface area contributed by atoms with Gasteiger partial charge in [0.05, 0.1) is 6.33 Å². The molecule has 0 aliphatic carbocycles. The van der Waals surface area contributed by atoms with Crippen LogP contribution in [-0.4, -0.2) is 33.1 Å². The summed E-state index contributed by atoms with van der Waals surface area (Å²) in [6.45, 7) is 1.15. The largest absolute Gasteiger partial charge is 0.486 e. The normalized spacial score (nSPS) is 13.4. The summed E-state index contributed by atoms with van der Waals surface area (Å²) in [6, 6.07) is 5.68. The van der Waals surface area contributed by atoms with Crippen molar-refractivity contribution in [2.45, 2.75) is 0 Å². The number of hydrogen-bond acceptors (Lipinski definition) is 6. The van der Waals surface area contributed by atoms with Gasteiger partial charge < -0.3 is 19.8 Å². The zero-order valence-electron chi connectivity index (χ0n) is 10.5. The average molecular weight is 269 g/mol. The third-order valence-electron chi connectivity index (χ3n) is 3.03. The average Bonchev–Trinajstić information content (AvgIpc) is 2.97. The molecule has 0 saturated carbocycles. The van der Waals surface area contributed by atoms with E-state index in [4.69, 9.17) is 9.47 Å². The molecule has 0 bridgehead atoms. The van der Waals surface area contributed by atoms with Gasteiger partial charge in [0.1, 0.15) is 25.1 Å². The van der Waals surface area contributed by atoms with E-state index in [2.05, 4.69) is 25.3 Å². The van der Waals surface area contributed by atoms with Crippen molar-refractivity contribution in [3.63, 3.8) is 0 Å². The number of hydrogen-bond donors (Lipinski definition) is 2. The Kier molecular flexibility index (Phi) is 2.41. The maximum absolute atomic E-state index is 5.56. The number of aromatic nitrogens is 4. The highest BCUT2D eigenvalue weighted by atomic mass is 16.6. The van der Waals surface area contributed by atoms with Gasteiger partial charge in [-0.15, -0.1) is 0 Å². The van der Waals surface area contributed by atoms with Gasteiger partial charge in [-0.05, 0) is 12.1 Å². The second kappa shape index (κ2) is 4.37. The van der Waals surface area contributed by atoms with Gasteiger partial charge >= 0.3 is 0 Å². The molecule has 4 rings (SSSR count). The summed E-state index contributed by atoms with van der Waals surface area (Å²) < 4.78 is 11.0. The van der Waals surface area contributed by atoms with Crippen LogP contribution in [0.5, 0.6) is 11.5 Å². The van der Waals surface area contributed by atoms with Crippen LogP contribution < -0.4 is 14.8 Å². The summed E-state index contributed by atoms with van der Waals surface area (Å²) in [5.41, 5.74) is 2.26. The number of nitrogens with one attached hydrogen (secondary N) is 2. The highest BCUT2D eigenvalue weighted by molar-refractivity contribution is 5.84. The fraction of sp³-hybridized carbons (Fsp3) is 0.154. The summed E-state index contributed by atoms with van der Waals surface area (Å²) >= 11 is 0. The zero-order valence-corrected chi connectivity index (χ0v) is 10.5. The Bertz CT molecular complexity index is 770. The number of benzene rings is 1. The predicted octanol–water partition coefficient (Wildman–Crippen LogP) is 1.87. The Hall–Kier alpha value is -2.83. The molecule has 1 aliphatic rings. The van der Waals surface area contributed by atoms with Crippen LogP contribution in [0.25, 0.3) is 11.2 Å². The fourth-order valence-corrected chi connectivity index (χ4v) is 2.12. The van der Waals surface area contributed by atoms with Gasteiger partial charge in [-0.1, -0.05) is 0 Å². The quantitative estimate of drug-likeness (QED) is 0.738. The molecule has 3 heterocycles. The second-order valence-corrected chi connectivity index (χ2v) is 4.31. The molecule has 2 aromatic heterocycles. The van der Waals surface area contributed by atoms with Crippen molar-refractivity contribution in [3.8, 4) is 11.5 Å². The van der Waals surface area contributed by atoms with Crippen molar-refractivity contribution in [2.75, 3.05) is 18.5 Å². The molecule has 0 radical (unpaired) electrons. The number of nitrogens with zero attached hydrogens (tertiary/aromatic N) is 3. The van der Waals surface area contributed by atoms with E-state index in [-0.39, 0.29) is 0 Å². The van der Waals surface area contributed by atoms with E-state index in [1.807, 2.05) is 18.2 Å². The van der Waals surface area contributed by atoms with Gasteiger partial charge in [0.2, 0.25) is 0 Å². The summed E-state index contributed by atoms with van der Waals surface area (Å²) in [7, 11) is 0. The molecular formula is C13H11N5O2. The Labute approximate surface area is 114 Å². The van der Waals surface area contributed by atoms with Crippen LogP contribution in [-0.2, 0) is 0 Å². The molecule has 100 valence electrons. The van der Waals surface area contributed by atoms with Crippen LogP contribution in [0.3, 0.4) is 0 Å². The molecule has 0 fully saturated rings. The van der Waals surface area contributed by atoms with E-state index in [1.165, 1.54) is 6.33 Å².